The van der Waals surface area contributed by atoms with Gasteiger partial charge < -0.3 is 14.5 Å². The first kappa shape index (κ1) is 23.8. The number of aromatic nitrogens is 4. The van der Waals surface area contributed by atoms with Crippen molar-refractivity contribution in [3.63, 3.8) is 0 Å². The van der Waals surface area contributed by atoms with E-state index in [4.69, 9.17) is 9.72 Å². The number of likely N-dealkylation sites (tertiary alicyclic amines) is 1. The summed E-state index contributed by atoms with van der Waals surface area (Å²) < 4.78 is 21.6. The van der Waals surface area contributed by atoms with E-state index in [1.807, 2.05) is 25.1 Å². The molecule has 0 spiro atoms. The van der Waals surface area contributed by atoms with Crippen molar-refractivity contribution in [1.29, 1.82) is 0 Å². The minimum absolute atomic E-state index is 0.0338. The molecule has 0 radical (unpaired) electrons. The molecule has 0 unspecified atom stereocenters. The highest BCUT2D eigenvalue weighted by atomic mass is 19.1. The Morgan fingerprint density at radius 3 is 2.49 bits per heavy atom. The third-order valence-electron chi connectivity index (χ3n) is 7.79. The number of carbonyl (C=O) groups is 1. The monoisotopic (exact) mass is 502 g/mol. The van der Waals surface area contributed by atoms with Crippen LogP contribution in [0.5, 0.6) is 0 Å². The molecule has 4 heterocycles. The first-order valence-corrected chi connectivity index (χ1v) is 13.2. The van der Waals surface area contributed by atoms with Crippen molar-refractivity contribution in [3.05, 3.63) is 54.3 Å². The van der Waals surface area contributed by atoms with Crippen LogP contribution < -0.4 is 4.90 Å². The second kappa shape index (κ2) is 10.0. The fourth-order valence-electron chi connectivity index (χ4n) is 5.82. The normalized spacial score (nSPS) is 18.1. The summed E-state index contributed by atoms with van der Waals surface area (Å²) in [5.74, 6) is 0.539. The predicted octanol–water partition coefficient (Wildman–Crippen LogP) is 4.33. The van der Waals surface area contributed by atoms with E-state index in [-0.39, 0.29) is 17.7 Å². The topological polar surface area (TPSA) is 75.9 Å². The van der Waals surface area contributed by atoms with Gasteiger partial charge in [-0.15, -0.1) is 5.10 Å². The van der Waals surface area contributed by atoms with E-state index in [1.165, 1.54) is 6.07 Å². The molecule has 9 heteroatoms. The SMILES string of the molecule is CCOC(=O)C1CCN(C2CCN(c3nc4c(-c5ccccc5F)nnn4c4ccccc34)CC2)CC1. The average Bonchev–Trinajstić information content (AvgIpc) is 3.37. The summed E-state index contributed by atoms with van der Waals surface area (Å²) >= 11 is 0. The zero-order chi connectivity index (χ0) is 25.4. The number of halogens is 1. The molecule has 2 fully saturated rings. The Morgan fingerprint density at radius 2 is 1.73 bits per heavy atom. The van der Waals surface area contributed by atoms with Crippen LogP contribution in [0.4, 0.5) is 10.2 Å². The first-order chi connectivity index (χ1) is 18.1. The fraction of sp³-hybridized carbons (Fsp3) is 0.429. The van der Waals surface area contributed by atoms with Crippen LogP contribution in [-0.4, -0.2) is 69.5 Å². The molecule has 192 valence electrons. The Labute approximate surface area is 215 Å². The molecule has 2 aliphatic heterocycles. The molecule has 6 rings (SSSR count). The fourth-order valence-corrected chi connectivity index (χ4v) is 5.82. The Hall–Kier alpha value is -3.59. The number of para-hydroxylation sites is 1. The van der Waals surface area contributed by atoms with Crippen molar-refractivity contribution in [1.82, 2.24) is 24.7 Å². The summed E-state index contributed by atoms with van der Waals surface area (Å²) in [6.45, 7) is 5.95. The summed E-state index contributed by atoms with van der Waals surface area (Å²) in [5, 5.41) is 9.66. The smallest absolute Gasteiger partial charge is 0.309 e. The average molecular weight is 503 g/mol. The lowest BCUT2D eigenvalue weighted by Gasteiger charge is -2.41. The van der Waals surface area contributed by atoms with E-state index in [0.717, 1.165) is 68.6 Å². The molecule has 37 heavy (non-hydrogen) atoms. The van der Waals surface area contributed by atoms with Crippen LogP contribution in [0.2, 0.25) is 0 Å². The number of nitrogens with zero attached hydrogens (tertiary/aromatic N) is 6. The van der Waals surface area contributed by atoms with Crippen LogP contribution in [0.15, 0.2) is 48.5 Å². The van der Waals surface area contributed by atoms with Crippen LogP contribution in [-0.2, 0) is 9.53 Å². The molecule has 2 aromatic heterocycles. The standard InChI is InChI=1S/C28H31FN6O2/c1-2-37-28(36)19-11-15-33(16-12-19)20-13-17-34(18-14-20)26-22-8-4-6-10-24(22)35-27(30-26)25(31-32-35)21-7-3-5-9-23(21)29/h3-10,19-20H,2,11-18H2,1H3. The lowest BCUT2D eigenvalue weighted by atomic mass is 9.93. The summed E-state index contributed by atoms with van der Waals surface area (Å²) in [5.41, 5.74) is 2.31. The van der Waals surface area contributed by atoms with Gasteiger partial charge in [0.1, 0.15) is 17.3 Å². The third-order valence-corrected chi connectivity index (χ3v) is 7.79. The molecule has 0 saturated carbocycles. The number of rotatable bonds is 5. The number of carbonyl (C=O) groups excluding carboxylic acids is 1. The first-order valence-electron chi connectivity index (χ1n) is 13.2. The number of ether oxygens (including phenoxy) is 1. The summed E-state index contributed by atoms with van der Waals surface area (Å²) in [4.78, 5) is 22.0. The largest absolute Gasteiger partial charge is 0.466 e. The Balaban J connectivity index is 1.24. The number of piperidine rings is 2. The van der Waals surface area contributed by atoms with Gasteiger partial charge in [0.25, 0.3) is 0 Å². The Kier molecular flexibility index (Phi) is 6.46. The van der Waals surface area contributed by atoms with E-state index in [2.05, 4.69) is 26.2 Å². The van der Waals surface area contributed by atoms with Gasteiger partial charge in [0.2, 0.25) is 0 Å². The van der Waals surface area contributed by atoms with Crippen molar-refractivity contribution in [2.24, 2.45) is 5.92 Å². The third kappa shape index (κ3) is 4.41. The van der Waals surface area contributed by atoms with Crippen LogP contribution >= 0.6 is 0 Å². The number of benzene rings is 2. The maximum atomic E-state index is 14.6. The van der Waals surface area contributed by atoms with E-state index >= 15 is 0 Å². The van der Waals surface area contributed by atoms with Gasteiger partial charge in [-0.25, -0.2) is 9.37 Å². The van der Waals surface area contributed by atoms with Crippen molar-refractivity contribution in [2.75, 3.05) is 37.7 Å². The molecule has 0 aliphatic carbocycles. The molecular formula is C28H31FN6O2. The van der Waals surface area contributed by atoms with Gasteiger partial charge in [-0.2, -0.15) is 4.52 Å². The molecule has 2 saturated heterocycles. The summed E-state index contributed by atoms with van der Waals surface area (Å²) in [6, 6.07) is 15.2. The lowest BCUT2D eigenvalue weighted by Crippen LogP contribution is -2.48. The van der Waals surface area contributed by atoms with E-state index < -0.39 is 0 Å². The second-order valence-electron chi connectivity index (χ2n) is 9.89. The van der Waals surface area contributed by atoms with Crippen molar-refractivity contribution in [3.8, 4) is 11.3 Å². The highest BCUT2D eigenvalue weighted by Crippen LogP contribution is 2.33. The molecule has 4 aromatic rings. The molecule has 0 atom stereocenters. The van der Waals surface area contributed by atoms with Crippen LogP contribution in [0, 0.1) is 11.7 Å². The highest BCUT2D eigenvalue weighted by molar-refractivity contribution is 5.93. The lowest BCUT2D eigenvalue weighted by molar-refractivity contribution is -0.149. The predicted molar refractivity (Wildman–Crippen MR) is 140 cm³/mol. The van der Waals surface area contributed by atoms with E-state index in [1.54, 1.807) is 22.7 Å². The number of anilines is 1. The summed E-state index contributed by atoms with van der Waals surface area (Å²) in [7, 11) is 0. The maximum absolute atomic E-state index is 14.6. The van der Waals surface area contributed by atoms with Crippen LogP contribution in [0.1, 0.15) is 32.6 Å². The Bertz CT molecular complexity index is 1420. The molecule has 0 N–H and O–H groups in total. The minimum atomic E-state index is -0.339. The van der Waals surface area contributed by atoms with Gasteiger partial charge in [0.05, 0.1) is 18.0 Å². The van der Waals surface area contributed by atoms with Crippen LogP contribution in [0.25, 0.3) is 27.8 Å². The quantitative estimate of drug-likeness (QED) is 0.376. The summed E-state index contributed by atoms with van der Waals surface area (Å²) in [6.07, 6.45) is 3.80. The zero-order valence-electron chi connectivity index (χ0n) is 21.0. The van der Waals surface area contributed by atoms with Gasteiger partial charge in [-0.1, -0.05) is 29.5 Å². The second-order valence-corrected chi connectivity index (χ2v) is 9.89. The van der Waals surface area contributed by atoms with Crippen molar-refractivity contribution in [2.45, 2.75) is 38.6 Å². The molecular weight excluding hydrogens is 471 g/mol. The van der Waals surface area contributed by atoms with Crippen molar-refractivity contribution >= 4 is 28.3 Å². The molecule has 2 aliphatic rings. The Morgan fingerprint density at radius 1 is 1.00 bits per heavy atom. The minimum Gasteiger partial charge on any atom is -0.466 e. The van der Waals surface area contributed by atoms with Gasteiger partial charge >= 0.3 is 5.97 Å². The molecule has 0 bridgehead atoms. The zero-order valence-corrected chi connectivity index (χ0v) is 21.0. The number of fused-ring (bicyclic) bond motifs is 3. The highest BCUT2D eigenvalue weighted by Gasteiger charge is 2.32. The van der Waals surface area contributed by atoms with Crippen LogP contribution in [0.3, 0.4) is 0 Å². The number of hydrogen-bond acceptors (Lipinski definition) is 7. The van der Waals surface area contributed by atoms with Gasteiger partial charge in [-0.05, 0) is 70.0 Å². The van der Waals surface area contributed by atoms with Crippen molar-refractivity contribution < 1.29 is 13.9 Å². The number of esters is 1. The van der Waals surface area contributed by atoms with Gasteiger partial charge in [-0.3, -0.25) is 4.79 Å². The molecule has 2 aromatic carbocycles. The molecule has 8 nitrogen and oxygen atoms in total. The van der Waals surface area contributed by atoms with E-state index in [9.17, 15) is 9.18 Å². The van der Waals surface area contributed by atoms with E-state index in [0.29, 0.717) is 29.6 Å². The van der Waals surface area contributed by atoms with Gasteiger partial charge in [0.15, 0.2) is 5.65 Å². The molecule has 0 amide bonds. The maximum Gasteiger partial charge on any atom is 0.309 e. The number of hydrogen-bond donors (Lipinski definition) is 0. The van der Waals surface area contributed by atoms with Gasteiger partial charge in [0, 0.05) is 30.1 Å².